The average Bonchev–Trinajstić information content (AvgIpc) is 3.34. The van der Waals surface area contributed by atoms with E-state index in [1.165, 1.54) is 18.2 Å². The van der Waals surface area contributed by atoms with E-state index in [2.05, 4.69) is 15.5 Å². The molecule has 0 amide bonds. The van der Waals surface area contributed by atoms with Crippen LogP contribution < -0.4 is 11.2 Å². The van der Waals surface area contributed by atoms with Crippen LogP contribution in [0.2, 0.25) is 5.02 Å². The topological polar surface area (TPSA) is 87.6 Å². The molecule has 0 aliphatic heterocycles. The Morgan fingerprint density at radius 1 is 1.21 bits per heavy atom. The van der Waals surface area contributed by atoms with Crippen LogP contribution in [0.15, 0.2) is 33.9 Å². The van der Waals surface area contributed by atoms with E-state index >= 15 is 0 Å². The summed E-state index contributed by atoms with van der Waals surface area (Å²) < 4.78 is 41.8. The second-order valence-corrected chi connectivity index (χ2v) is 7.24. The van der Waals surface area contributed by atoms with E-state index < -0.39 is 23.1 Å². The van der Waals surface area contributed by atoms with Gasteiger partial charge in [-0.25, -0.2) is 14.0 Å². The molecule has 1 aromatic carbocycles. The zero-order valence-electron chi connectivity index (χ0n) is 15.0. The van der Waals surface area contributed by atoms with Crippen LogP contribution in [0, 0.1) is 5.92 Å². The van der Waals surface area contributed by atoms with Gasteiger partial charge in [0.15, 0.2) is 5.82 Å². The molecule has 0 spiro atoms. The summed E-state index contributed by atoms with van der Waals surface area (Å²) in [5.74, 6) is 0.824. The van der Waals surface area contributed by atoms with Crippen LogP contribution in [0.3, 0.4) is 0 Å². The van der Waals surface area contributed by atoms with Gasteiger partial charge in [-0.2, -0.15) is 13.2 Å². The van der Waals surface area contributed by atoms with Gasteiger partial charge < -0.3 is 0 Å². The lowest BCUT2D eigenvalue weighted by molar-refractivity contribution is -0.144. The number of hydrogen-bond donors (Lipinski definition) is 0. The van der Waals surface area contributed by atoms with Gasteiger partial charge in [0.25, 0.3) is 5.56 Å². The molecule has 1 fully saturated rings. The molecular weight excluding hydrogens is 413 g/mol. The van der Waals surface area contributed by atoms with Gasteiger partial charge in [0.1, 0.15) is 5.69 Å². The summed E-state index contributed by atoms with van der Waals surface area (Å²) >= 11 is 6.27. The van der Waals surface area contributed by atoms with Crippen LogP contribution >= 0.6 is 11.6 Å². The van der Waals surface area contributed by atoms with Gasteiger partial charge in [0, 0.05) is 25.2 Å². The number of aromatic nitrogens is 6. The van der Waals surface area contributed by atoms with Crippen molar-refractivity contribution in [3.8, 4) is 17.1 Å². The van der Waals surface area contributed by atoms with Gasteiger partial charge >= 0.3 is 11.9 Å². The molecule has 4 rings (SSSR count). The van der Waals surface area contributed by atoms with Gasteiger partial charge in [-0.1, -0.05) is 11.6 Å². The molecule has 0 atom stereocenters. The average molecular weight is 427 g/mol. The van der Waals surface area contributed by atoms with Crippen molar-refractivity contribution in [2.75, 3.05) is 0 Å². The molecule has 1 aliphatic rings. The molecule has 2 heterocycles. The Balaban J connectivity index is 1.85. The predicted octanol–water partition coefficient (Wildman–Crippen LogP) is 2.27. The highest BCUT2D eigenvalue weighted by atomic mass is 35.5. The minimum absolute atomic E-state index is 0.0599. The molecule has 1 saturated carbocycles. The molecule has 8 nitrogen and oxygen atoms in total. The van der Waals surface area contributed by atoms with E-state index in [-0.39, 0.29) is 10.7 Å². The van der Waals surface area contributed by atoms with Crippen molar-refractivity contribution < 1.29 is 13.2 Å². The fourth-order valence-corrected chi connectivity index (χ4v) is 3.23. The number of alkyl halides is 3. The maximum absolute atomic E-state index is 13.0. The molecule has 29 heavy (non-hydrogen) atoms. The lowest BCUT2D eigenvalue weighted by Gasteiger charge is -2.14. The first-order valence-corrected chi connectivity index (χ1v) is 9.01. The fraction of sp³-hybridized carbons (Fsp3) is 0.353. The second kappa shape index (κ2) is 6.83. The van der Waals surface area contributed by atoms with Gasteiger partial charge in [-0.15, -0.1) is 5.10 Å². The van der Waals surface area contributed by atoms with Crippen LogP contribution in [0.1, 0.15) is 18.5 Å². The second-order valence-electron chi connectivity index (χ2n) is 6.83. The largest absolute Gasteiger partial charge is 0.431 e. The molecule has 0 N–H and O–H groups in total. The Labute approximate surface area is 166 Å². The summed E-state index contributed by atoms with van der Waals surface area (Å²) in [6.45, 7) is 0.602. The molecule has 0 unspecified atom stereocenters. The number of nitrogens with zero attached hydrogens (tertiary/aromatic N) is 6. The summed E-state index contributed by atoms with van der Waals surface area (Å²) in [5.41, 5.74) is -3.14. The Kier molecular flexibility index (Phi) is 4.56. The van der Waals surface area contributed by atoms with E-state index in [9.17, 15) is 22.8 Å². The van der Waals surface area contributed by atoms with E-state index in [1.807, 2.05) is 0 Å². The third kappa shape index (κ3) is 3.57. The lowest BCUT2D eigenvalue weighted by Crippen LogP contribution is -2.40. The molecule has 2 aromatic heterocycles. The standard InChI is InChI=1S/C17H14ClF3N6O2/c1-25-13(17(19,20)21)7-14(28)27(16(25)29)10-4-5-12(18)11(6-10)15-22-23-24-26(15)8-9-2-3-9/h4-7,9H,2-3,8H2,1H3. The highest BCUT2D eigenvalue weighted by Crippen LogP contribution is 2.33. The van der Waals surface area contributed by atoms with E-state index in [0.717, 1.165) is 19.9 Å². The molecule has 1 aliphatic carbocycles. The quantitative estimate of drug-likeness (QED) is 0.638. The number of halogens is 4. The molecule has 152 valence electrons. The van der Waals surface area contributed by atoms with Crippen LogP contribution in [-0.2, 0) is 19.8 Å². The van der Waals surface area contributed by atoms with Crippen molar-refractivity contribution >= 4 is 11.6 Å². The number of rotatable bonds is 4. The fourth-order valence-electron chi connectivity index (χ4n) is 3.02. The van der Waals surface area contributed by atoms with Gasteiger partial charge in [0.2, 0.25) is 0 Å². The monoisotopic (exact) mass is 426 g/mol. The van der Waals surface area contributed by atoms with Crippen molar-refractivity contribution in [1.82, 2.24) is 29.3 Å². The third-order valence-corrected chi connectivity index (χ3v) is 5.05. The summed E-state index contributed by atoms with van der Waals surface area (Å²) in [7, 11) is 0.952. The first-order valence-electron chi connectivity index (χ1n) is 8.63. The molecule has 0 radical (unpaired) electrons. The Hall–Kier alpha value is -2.95. The predicted molar refractivity (Wildman–Crippen MR) is 96.8 cm³/mol. The van der Waals surface area contributed by atoms with Gasteiger partial charge in [0.05, 0.1) is 10.7 Å². The van der Waals surface area contributed by atoms with Crippen LogP contribution in [0.4, 0.5) is 13.2 Å². The maximum atomic E-state index is 13.0. The molecule has 0 saturated heterocycles. The zero-order chi connectivity index (χ0) is 20.9. The highest BCUT2D eigenvalue weighted by molar-refractivity contribution is 6.33. The van der Waals surface area contributed by atoms with Gasteiger partial charge in [-0.3, -0.25) is 9.36 Å². The van der Waals surface area contributed by atoms with Crippen molar-refractivity contribution in [3.05, 3.63) is 55.8 Å². The van der Waals surface area contributed by atoms with E-state index in [1.54, 1.807) is 4.68 Å². The minimum Gasteiger partial charge on any atom is -0.292 e. The van der Waals surface area contributed by atoms with E-state index in [0.29, 0.717) is 39.1 Å². The van der Waals surface area contributed by atoms with E-state index in [4.69, 9.17) is 11.6 Å². The Bertz CT molecular complexity index is 1210. The molecule has 12 heteroatoms. The van der Waals surface area contributed by atoms with Crippen molar-refractivity contribution in [3.63, 3.8) is 0 Å². The number of hydrogen-bond acceptors (Lipinski definition) is 5. The van der Waals surface area contributed by atoms with Crippen molar-refractivity contribution in [2.45, 2.75) is 25.6 Å². The van der Waals surface area contributed by atoms with Crippen LogP contribution in [0.5, 0.6) is 0 Å². The first kappa shape index (κ1) is 19.4. The van der Waals surface area contributed by atoms with Gasteiger partial charge in [-0.05, 0) is 47.4 Å². The third-order valence-electron chi connectivity index (χ3n) is 4.72. The number of benzene rings is 1. The summed E-state index contributed by atoms with van der Waals surface area (Å²) in [5, 5.41) is 11.8. The van der Waals surface area contributed by atoms with Crippen LogP contribution in [0.25, 0.3) is 17.1 Å². The number of tetrazole rings is 1. The first-order chi connectivity index (χ1) is 13.7. The summed E-state index contributed by atoms with van der Waals surface area (Å²) in [6, 6.07) is 4.60. The lowest BCUT2D eigenvalue weighted by atomic mass is 10.1. The Morgan fingerprint density at radius 3 is 2.59 bits per heavy atom. The van der Waals surface area contributed by atoms with Crippen LogP contribution in [-0.4, -0.2) is 29.3 Å². The highest BCUT2D eigenvalue weighted by Gasteiger charge is 2.35. The summed E-state index contributed by atoms with van der Waals surface area (Å²) in [6.07, 6.45) is -2.68. The molecule has 3 aromatic rings. The Morgan fingerprint density at radius 2 is 1.93 bits per heavy atom. The normalized spacial score (nSPS) is 14.4. The smallest absolute Gasteiger partial charge is 0.292 e. The zero-order valence-corrected chi connectivity index (χ0v) is 15.8. The van der Waals surface area contributed by atoms with Crippen molar-refractivity contribution in [1.29, 1.82) is 0 Å². The molecule has 0 bridgehead atoms. The SMILES string of the molecule is Cn1c(C(F)(F)F)cc(=O)n(-c2ccc(Cl)c(-c3nnnn3CC3CC3)c2)c1=O. The maximum Gasteiger partial charge on any atom is 0.431 e. The van der Waals surface area contributed by atoms with Crippen molar-refractivity contribution in [2.24, 2.45) is 13.0 Å². The minimum atomic E-state index is -4.83. The summed E-state index contributed by atoms with van der Waals surface area (Å²) in [4.78, 5) is 24.8. The molecular formula is C17H14ClF3N6O2.